The van der Waals surface area contributed by atoms with E-state index in [0.29, 0.717) is 5.56 Å². The Morgan fingerprint density at radius 3 is 2.67 bits per heavy atom. The Kier molecular flexibility index (Phi) is 2.61. The Balaban J connectivity index is 1.63. The van der Waals surface area contributed by atoms with E-state index in [1.807, 2.05) is 52.0 Å². The van der Waals surface area contributed by atoms with Crippen molar-refractivity contribution in [3.63, 3.8) is 0 Å². The largest absolute Gasteiger partial charge is 0.284 e. The van der Waals surface area contributed by atoms with Gasteiger partial charge in [-0.3, -0.25) is 9.36 Å². The smallest absolute Gasteiger partial charge is 0.278 e. The van der Waals surface area contributed by atoms with Crippen LogP contribution in [0.1, 0.15) is 22.1 Å². The van der Waals surface area contributed by atoms with E-state index in [9.17, 15) is 4.79 Å². The van der Waals surface area contributed by atoms with Gasteiger partial charge in [-0.15, -0.1) is 0 Å². The van der Waals surface area contributed by atoms with Crippen LogP contribution in [0.4, 0.5) is 5.82 Å². The van der Waals surface area contributed by atoms with Crippen molar-refractivity contribution in [1.29, 1.82) is 0 Å². The van der Waals surface area contributed by atoms with Gasteiger partial charge in [0.1, 0.15) is 12.7 Å². The number of hydrogen-bond acceptors (Lipinski definition) is 4. The first kappa shape index (κ1) is 13.1. The third-order valence-corrected chi connectivity index (χ3v) is 4.34. The molecule has 116 valence electrons. The van der Waals surface area contributed by atoms with Crippen molar-refractivity contribution in [2.75, 3.05) is 5.01 Å². The number of aromatic nitrogens is 2. The number of fused-ring (bicyclic) bond motifs is 6. The Bertz CT molecular complexity index is 962. The second-order valence-corrected chi connectivity index (χ2v) is 5.68. The van der Waals surface area contributed by atoms with Gasteiger partial charge < -0.3 is 0 Å². The Morgan fingerprint density at radius 1 is 1.00 bits per heavy atom. The maximum Gasteiger partial charge on any atom is 0.278 e. The molecule has 0 N–H and O–H groups in total. The molecule has 0 radical (unpaired) electrons. The molecule has 5 rings (SSSR count). The summed E-state index contributed by atoms with van der Waals surface area (Å²) in [4.78, 5) is 21.7. The lowest BCUT2D eigenvalue weighted by atomic mass is 10.1. The zero-order chi connectivity index (χ0) is 16.1. The zero-order valence-corrected chi connectivity index (χ0v) is 12.6. The lowest BCUT2D eigenvalue weighted by Gasteiger charge is -2.36. The van der Waals surface area contributed by atoms with Gasteiger partial charge in [0.2, 0.25) is 0 Å². The minimum Gasteiger partial charge on any atom is -0.284 e. The number of carbonyl (C=O) groups excluding carboxylic acids is 1. The molecule has 6 nitrogen and oxygen atoms in total. The summed E-state index contributed by atoms with van der Waals surface area (Å²) in [6, 6.07) is 17.3. The average molecular weight is 315 g/mol. The first-order chi connectivity index (χ1) is 11.8. The van der Waals surface area contributed by atoms with E-state index in [4.69, 9.17) is 0 Å². The van der Waals surface area contributed by atoms with Gasteiger partial charge in [0.25, 0.3) is 5.91 Å². The van der Waals surface area contributed by atoms with E-state index in [1.165, 1.54) is 0 Å². The van der Waals surface area contributed by atoms with Gasteiger partial charge in [-0.05, 0) is 18.2 Å². The van der Waals surface area contributed by atoms with Gasteiger partial charge in [-0.25, -0.2) is 20.0 Å². The van der Waals surface area contributed by atoms with Crippen LogP contribution in [0.25, 0.3) is 5.69 Å². The molecule has 0 spiro atoms. The Hall–Kier alpha value is -3.41. The molecule has 0 bridgehead atoms. The second kappa shape index (κ2) is 4.79. The minimum atomic E-state index is -0.252. The monoisotopic (exact) mass is 315 g/mol. The van der Waals surface area contributed by atoms with Crippen LogP contribution in [-0.4, -0.2) is 26.8 Å². The van der Waals surface area contributed by atoms with Crippen molar-refractivity contribution in [2.45, 2.75) is 6.17 Å². The van der Waals surface area contributed by atoms with Crippen LogP contribution >= 0.6 is 0 Å². The fourth-order valence-electron chi connectivity index (χ4n) is 3.24. The Morgan fingerprint density at radius 2 is 1.79 bits per heavy atom. The van der Waals surface area contributed by atoms with Crippen molar-refractivity contribution >= 4 is 18.1 Å². The fourth-order valence-corrected chi connectivity index (χ4v) is 3.24. The summed E-state index contributed by atoms with van der Waals surface area (Å²) in [6.07, 6.45) is 4.86. The van der Waals surface area contributed by atoms with Crippen LogP contribution in [0, 0.1) is 0 Å². The number of hydrogen-bond donors (Lipinski definition) is 0. The molecule has 0 saturated heterocycles. The maximum absolute atomic E-state index is 12.9. The first-order valence-corrected chi connectivity index (χ1v) is 7.67. The van der Waals surface area contributed by atoms with E-state index in [2.05, 4.69) is 9.98 Å². The van der Waals surface area contributed by atoms with Crippen molar-refractivity contribution in [2.24, 2.45) is 4.99 Å². The number of nitrogens with zero attached hydrogens (tertiary/aromatic N) is 5. The molecule has 0 saturated carbocycles. The quantitative estimate of drug-likeness (QED) is 0.694. The number of aliphatic imine (C=N–C) groups is 1. The molecule has 1 unspecified atom stereocenters. The van der Waals surface area contributed by atoms with Crippen molar-refractivity contribution in [1.82, 2.24) is 14.6 Å². The minimum absolute atomic E-state index is 0.117. The Labute approximate surface area is 138 Å². The number of carbonyl (C=O) groups is 1. The standard InChI is InChI=1S/C18H13N5O/c24-18(13-6-2-1-3-7-13)22-12-20-17-14-8-4-5-9-15(14)21-11-19-10-16(21)23(17)22/h1-12,17H. The molecule has 2 aromatic carbocycles. The number of anilines is 1. The van der Waals surface area contributed by atoms with Crippen LogP contribution in [0.5, 0.6) is 0 Å². The predicted molar refractivity (Wildman–Crippen MR) is 89.9 cm³/mol. The average Bonchev–Trinajstić information content (AvgIpc) is 3.29. The normalized spacial score (nSPS) is 17.4. The van der Waals surface area contributed by atoms with Gasteiger partial charge in [-0.1, -0.05) is 36.4 Å². The highest BCUT2D eigenvalue weighted by Gasteiger charge is 2.40. The van der Waals surface area contributed by atoms with Gasteiger partial charge >= 0.3 is 0 Å². The molecular weight excluding hydrogens is 302 g/mol. The molecule has 24 heavy (non-hydrogen) atoms. The molecule has 3 aromatic rings. The topological polar surface area (TPSA) is 53.7 Å². The predicted octanol–water partition coefficient (Wildman–Crippen LogP) is 2.79. The molecule has 0 aliphatic carbocycles. The highest BCUT2D eigenvalue weighted by Crippen LogP contribution is 2.41. The molecule has 3 heterocycles. The molecule has 6 heteroatoms. The van der Waals surface area contributed by atoms with E-state index < -0.39 is 0 Å². The SMILES string of the molecule is O=C(c1ccccc1)N1C=NC2c3ccccc3-n3cncc3N21. The summed E-state index contributed by atoms with van der Waals surface area (Å²) >= 11 is 0. The van der Waals surface area contributed by atoms with Crippen molar-refractivity contribution in [3.8, 4) is 5.69 Å². The number of para-hydroxylation sites is 1. The van der Waals surface area contributed by atoms with Crippen LogP contribution in [0.15, 0.2) is 72.1 Å². The molecule has 2 aliphatic heterocycles. The number of hydrazine groups is 1. The molecular formula is C18H13N5O. The van der Waals surface area contributed by atoms with Gasteiger partial charge in [0, 0.05) is 11.1 Å². The maximum atomic E-state index is 12.9. The van der Waals surface area contributed by atoms with Crippen LogP contribution in [-0.2, 0) is 0 Å². The molecule has 2 aliphatic rings. The zero-order valence-electron chi connectivity index (χ0n) is 12.6. The van der Waals surface area contributed by atoms with Gasteiger partial charge in [-0.2, -0.15) is 0 Å². The van der Waals surface area contributed by atoms with Crippen molar-refractivity contribution in [3.05, 3.63) is 78.2 Å². The number of imidazole rings is 1. The molecule has 1 amide bonds. The summed E-state index contributed by atoms with van der Waals surface area (Å²) in [5.41, 5.74) is 2.70. The molecule has 0 fully saturated rings. The van der Waals surface area contributed by atoms with E-state index in [-0.39, 0.29) is 12.1 Å². The third kappa shape index (κ3) is 1.68. The summed E-state index contributed by atoms with van der Waals surface area (Å²) in [5, 5.41) is 3.44. The summed E-state index contributed by atoms with van der Waals surface area (Å²) < 4.78 is 1.98. The first-order valence-electron chi connectivity index (χ1n) is 7.67. The number of benzene rings is 2. The lowest BCUT2D eigenvalue weighted by molar-refractivity contribution is 0.0839. The summed E-state index contributed by atoms with van der Waals surface area (Å²) in [7, 11) is 0. The fraction of sp³-hybridized carbons (Fsp3) is 0.0556. The number of amides is 1. The van der Waals surface area contributed by atoms with Gasteiger partial charge in [0.15, 0.2) is 12.0 Å². The van der Waals surface area contributed by atoms with Crippen LogP contribution < -0.4 is 5.01 Å². The van der Waals surface area contributed by atoms with Crippen molar-refractivity contribution < 1.29 is 4.79 Å². The highest BCUT2D eigenvalue weighted by molar-refractivity contribution is 6.02. The summed E-state index contributed by atoms with van der Waals surface area (Å²) in [6.45, 7) is 0. The van der Waals surface area contributed by atoms with Crippen LogP contribution in [0.3, 0.4) is 0 Å². The van der Waals surface area contributed by atoms with E-state index in [1.54, 1.807) is 36.0 Å². The molecule has 1 aromatic heterocycles. The number of rotatable bonds is 1. The van der Waals surface area contributed by atoms with E-state index >= 15 is 0 Å². The lowest BCUT2D eigenvalue weighted by Crippen LogP contribution is -2.45. The highest BCUT2D eigenvalue weighted by atomic mass is 16.2. The van der Waals surface area contributed by atoms with Gasteiger partial charge in [0.05, 0.1) is 11.9 Å². The molecule has 1 atom stereocenters. The van der Waals surface area contributed by atoms with E-state index in [0.717, 1.165) is 17.1 Å². The third-order valence-electron chi connectivity index (χ3n) is 4.34. The second-order valence-electron chi connectivity index (χ2n) is 5.68. The van der Waals surface area contributed by atoms with Crippen LogP contribution in [0.2, 0.25) is 0 Å². The summed E-state index contributed by atoms with van der Waals surface area (Å²) in [5.74, 6) is 0.703.